The van der Waals surface area contributed by atoms with Crippen LogP contribution in [0.5, 0.6) is 0 Å². The molecule has 0 aliphatic heterocycles. The van der Waals surface area contributed by atoms with Gasteiger partial charge in [-0.2, -0.15) is 0 Å². The van der Waals surface area contributed by atoms with Gasteiger partial charge in [0.15, 0.2) is 0 Å². The first-order chi connectivity index (χ1) is 9.66. The molecule has 0 amide bonds. The van der Waals surface area contributed by atoms with E-state index in [4.69, 9.17) is 0 Å². The molecule has 0 bridgehead atoms. The summed E-state index contributed by atoms with van der Waals surface area (Å²) in [5.74, 6) is 1.61. The zero-order valence-corrected chi connectivity index (χ0v) is 16.1. The van der Waals surface area contributed by atoms with E-state index in [0.717, 1.165) is 18.4 Å². The van der Waals surface area contributed by atoms with E-state index in [1.54, 1.807) is 0 Å². The molecule has 0 radical (unpaired) electrons. The van der Waals surface area contributed by atoms with Gasteiger partial charge >= 0.3 is 0 Å². The molecule has 0 aliphatic carbocycles. The van der Waals surface area contributed by atoms with E-state index in [9.17, 15) is 0 Å². The van der Waals surface area contributed by atoms with Crippen molar-refractivity contribution in [1.82, 2.24) is 10.2 Å². The highest BCUT2D eigenvalue weighted by atomic mass is 15.1. The number of hydrogen-bond acceptors (Lipinski definition) is 2. The first kappa shape index (κ1) is 20.9. The third-order valence-electron chi connectivity index (χ3n) is 4.28. The normalized spacial score (nSPS) is 14.4. The van der Waals surface area contributed by atoms with Crippen LogP contribution in [0.4, 0.5) is 0 Å². The van der Waals surface area contributed by atoms with Crippen molar-refractivity contribution < 1.29 is 0 Å². The van der Waals surface area contributed by atoms with Crippen LogP contribution in [0.3, 0.4) is 0 Å². The molecule has 0 saturated carbocycles. The second-order valence-corrected chi connectivity index (χ2v) is 8.47. The van der Waals surface area contributed by atoms with E-state index in [1.807, 2.05) is 0 Å². The Kier molecular flexibility index (Phi) is 10.6. The number of hydrogen-bond donors (Lipinski definition) is 1. The predicted molar refractivity (Wildman–Crippen MR) is 96.9 cm³/mol. The molecule has 0 aromatic heterocycles. The first-order valence-electron chi connectivity index (χ1n) is 9.12. The maximum Gasteiger partial charge on any atom is 0.0128 e. The number of rotatable bonds is 11. The van der Waals surface area contributed by atoms with Crippen molar-refractivity contribution in [2.45, 2.75) is 80.7 Å². The average molecular weight is 299 g/mol. The van der Waals surface area contributed by atoms with E-state index in [0.29, 0.717) is 11.5 Å². The molecule has 0 saturated heterocycles. The van der Waals surface area contributed by atoms with E-state index in [1.165, 1.54) is 38.9 Å². The average Bonchev–Trinajstić information content (AvgIpc) is 2.34. The van der Waals surface area contributed by atoms with Crippen LogP contribution >= 0.6 is 0 Å². The van der Waals surface area contributed by atoms with Gasteiger partial charge in [0.25, 0.3) is 0 Å². The van der Waals surface area contributed by atoms with E-state index in [2.05, 4.69) is 65.6 Å². The molecule has 2 nitrogen and oxygen atoms in total. The lowest BCUT2D eigenvalue weighted by Gasteiger charge is -2.34. The summed E-state index contributed by atoms with van der Waals surface area (Å²) in [5.41, 5.74) is 0.345. The Morgan fingerprint density at radius 3 is 1.57 bits per heavy atom. The summed E-state index contributed by atoms with van der Waals surface area (Å²) in [6.45, 7) is 23.4. The molecular formula is C19H42N2. The third kappa shape index (κ3) is 11.2. The monoisotopic (exact) mass is 298 g/mol. The van der Waals surface area contributed by atoms with Gasteiger partial charge in [-0.15, -0.1) is 0 Å². The van der Waals surface area contributed by atoms with Crippen LogP contribution in [0.2, 0.25) is 0 Å². The van der Waals surface area contributed by atoms with Gasteiger partial charge in [-0.25, -0.2) is 0 Å². The lowest BCUT2D eigenvalue weighted by Crippen LogP contribution is -2.43. The Bertz CT molecular complexity index is 228. The van der Waals surface area contributed by atoms with Crippen LogP contribution in [0, 0.1) is 17.3 Å². The fraction of sp³-hybridized carbons (Fsp3) is 1.00. The van der Waals surface area contributed by atoms with Crippen LogP contribution in [0.1, 0.15) is 74.7 Å². The minimum atomic E-state index is 0.345. The minimum absolute atomic E-state index is 0.345. The highest BCUT2D eigenvalue weighted by Crippen LogP contribution is 2.22. The molecule has 2 heteroatoms. The summed E-state index contributed by atoms with van der Waals surface area (Å²) in [6, 6.07) is 0.614. The van der Waals surface area contributed by atoms with Gasteiger partial charge in [-0.05, 0) is 62.7 Å². The van der Waals surface area contributed by atoms with Crippen LogP contribution < -0.4 is 5.32 Å². The molecule has 1 unspecified atom stereocenters. The Morgan fingerprint density at radius 2 is 1.24 bits per heavy atom. The summed E-state index contributed by atoms with van der Waals surface area (Å²) < 4.78 is 0. The summed E-state index contributed by atoms with van der Waals surface area (Å²) in [7, 11) is 0. The SMILES string of the molecule is CCNC(CCN(CCC(C)C)CCC(C)C)C(C)(C)C. The smallest absolute Gasteiger partial charge is 0.0128 e. The van der Waals surface area contributed by atoms with Crippen molar-refractivity contribution in [2.75, 3.05) is 26.2 Å². The third-order valence-corrected chi connectivity index (χ3v) is 4.28. The Hall–Kier alpha value is -0.0800. The molecule has 128 valence electrons. The van der Waals surface area contributed by atoms with Crippen LogP contribution in [0.15, 0.2) is 0 Å². The van der Waals surface area contributed by atoms with E-state index in [-0.39, 0.29) is 0 Å². The minimum Gasteiger partial charge on any atom is -0.314 e. The Morgan fingerprint density at radius 1 is 0.810 bits per heavy atom. The highest BCUT2D eigenvalue weighted by Gasteiger charge is 2.24. The van der Waals surface area contributed by atoms with Crippen molar-refractivity contribution in [1.29, 1.82) is 0 Å². The standard InChI is InChI=1S/C19H42N2/c1-9-20-18(19(6,7)8)12-15-21(13-10-16(2)3)14-11-17(4)5/h16-18,20H,9-15H2,1-8H3. The van der Waals surface area contributed by atoms with Crippen LogP contribution in [0.25, 0.3) is 0 Å². The molecular weight excluding hydrogens is 256 g/mol. The molecule has 0 spiro atoms. The fourth-order valence-electron chi connectivity index (χ4n) is 2.62. The van der Waals surface area contributed by atoms with E-state index >= 15 is 0 Å². The van der Waals surface area contributed by atoms with Gasteiger partial charge in [0.2, 0.25) is 0 Å². The molecule has 0 aliphatic rings. The zero-order valence-electron chi connectivity index (χ0n) is 16.1. The van der Waals surface area contributed by atoms with Crippen LogP contribution in [-0.4, -0.2) is 37.1 Å². The zero-order chi connectivity index (χ0) is 16.5. The lowest BCUT2D eigenvalue weighted by atomic mass is 9.84. The first-order valence-corrected chi connectivity index (χ1v) is 9.12. The van der Waals surface area contributed by atoms with Crippen molar-refractivity contribution in [2.24, 2.45) is 17.3 Å². The molecule has 0 aromatic carbocycles. The maximum absolute atomic E-state index is 3.68. The van der Waals surface area contributed by atoms with Crippen molar-refractivity contribution in [3.63, 3.8) is 0 Å². The molecule has 0 fully saturated rings. The fourth-order valence-corrected chi connectivity index (χ4v) is 2.62. The summed E-state index contributed by atoms with van der Waals surface area (Å²) in [4.78, 5) is 2.69. The molecule has 21 heavy (non-hydrogen) atoms. The second-order valence-electron chi connectivity index (χ2n) is 8.47. The number of nitrogens with one attached hydrogen (secondary N) is 1. The predicted octanol–water partition coefficient (Wildman–Crippen LogP) is 4.79. The summed E-state index contributed by atoms with van der Waals surface area (Å²) >= 11 is 0. The highest BCUT2D eigenvalue weighted by molar-refractivity contribution is 4.81. The molecule has 0 rings (SSSR count). The molecule has 1 N–H and O–H groups in total. The number of nitrogens with zero attached hydrogens (tertiary/aromatic N) is 1. The second kappa shape index (κ2) is 10.6. The lowest BCUT2D eigenvalue weighted by molar-refractivity contribution is 0.193. The maximum atomic E-state index is 3.68. The quantitative estimate of drug-likeness (QED) is 0.589. The van der Waals surface area contributed by atoms with Crippen molar-refractivity contribution >= 4 is 0 Å². The van der Waals surface area contributed by atoms with Gasteiger partial charge in [0, 0.05) is 6.04 Å². The molecule has 0 heterocycles. The van der Waals surface area contributed by atoms with Gasteiger partial charge in [-0.1, -0.05) is 55.4 Å². The van der Waals surface area contributed by atoms with Gasteiger partial charge in [-0.3, -0.25) is 0 Å². The summed E-state index contributed by atoms with van der Waals surface area (Å²) in [6.07, 6.45) is 3.90. The van der Waals surface area contributed by atoms with Gasteiger partial charge in [0.05, 0.1) is 0 Å². The molecule has 0 aromatic rings. The van der Waals surface area contributed by atoms with Gasteiger partial charge < -0.3 is 10.2 Å². The van der Waals surface area contributed by atoms with Gasteiger partial charge in [0.1, 0.15) is 0 Å². The largest absolute Gasteiger partial charge is 0.314 e. The Labute approximate surface area is 135 Å². The van der Waals surface area contributed by atoms with Crippen LogP contribution in [-0.2, 0) is 0 Å². The summed E-state index contributed by atoms with van der Waals surface area (Å²) in [5, 5.41) is 3.68. The molecule has 1 atom stereocenters. The Balaban J connectivity index is 4.40. The van der Waals surface area contributed by atoms with Crippen molar-refractivity contribution in [3.8, 4) is 0 Å². The topological polar surface area (TPSA) is 15.3 Å². The van der Waals surface area contributed by atoms with E-state index < -0.39 is 0 Å². The van der Waals surface area contributed by atoms with Crippen molar-refractivity contribution in [3.05, 3.63) is 0 Å².